The zero-order valence-electron chi connectivity index (χ0n) is 21.6. The molecule has 9 heteroatoms. The molecule has 0 aliphatic heterocycles. The number of carboxylic acid groups (broad SMARTS) is 1. The summed E-state index contributed by atoms with van der Waals surface area (Å²) in [6, 6.07) is -1.34. The molecule has 2 atom stereocenters. The molecule has 9 nitrogen and oxygen atoms in total. The lowest BCUT2D eigenvalue weighted by atomic mass is 10.0. The van der Waals surface area contributed by atoms with E-state index in [9.17, 15) is 19.2 Å². The van der Waals surface area contributed by atoms with Crippen LogP contribution in [0, 0.1) is 11.8 Å². The van der Waals surface area contributed by atoms with Gasteiger partial charge >= 0.3 is 18.2 Å². The number of carboxylic acids is 1. The Morgan fingerprint density at radius 2 is 1.03 bits per heavy atom. The summed E-state index contributed by atoms with van der Waals surface area (Å²) in [4.78, 5) is 45.0. The Morgan fingerprint density at radius 3 is 1.28 bits per heavy atom. The minimum atomic E-state index is -1.04. The maximum atomic E-state index is 11.5. The summed E-state index contributed by atoms with van der Waals surface area (Å²) >= 11 is 0. The highest BCUT2D eigenvalue weighted by Gasteiger charge is 2.24. The summed E-state index contributed by atoms with van der Waals surface area (Å²) in [6.45, 7) is 19.8. The largest absolute Gasteiger partial charge is 0.480 e. The molecule has 0 spiro atoms. The highest BCUT2D eigenvalue weighted by Crippen LogP contribution is 2.10. The fourth-order valence-corrected chi connectivity index (χ4v) is 2.39. The van der Waals surface area contributed by atoms with Gasteiger partial charge in [-0.2, -0.15) is 0 Å². The zero-order valence-corrected chi connectivity index (χ0v) is 21.6. The fraction of sp³-hybridized carbons (Fsp3) is 0.826. The van der Waals surface area contributed by atoms with Gasteiger partial charge in [-0.05, 0) is 73.1 Å². The van der Waals surface area contributed by atoms with E-state index in [1.807, 2.05) is 27.7 Å². The predicted octanol–water partition coefficient (Wildman–Crippen LogP) is 4.53. The molecule has 0 aliphatic rings. The third-order valence-electron chi connectivity index (χ3n) is 3.58. The van der Waals surface area contributed by atoms with E-state index >= 15 is 0 Å². The molecule has 0 saturated heterocycles. The lowest BCUT2D eigenvalue weighted by Gasteiger charge is -2.23. The summed E-state index contributed by atoms with van der Waals surface area (Å²) in [5.41, 5.74) is -1.16. The van der Waals surface area contributed by atoms with Gasteiger partial charge in [0.15, 0.2) is 5.78 Å². The van der Waals surface area contributed by atoms with Crippen molar-refractivity contribution in [2.75, 3.05) is 0 Å². The molecule has 0 aromatic carbocycles. The SMILES string of the molecule is CC(=O)[C@H](CC(C)C)NC(=O)OC(C)(C)C.CC(C)C[C@H](NC(=O)OC(C)(C)C)C(=O)O. The quantitative estimate of drug-likeness (QED) is 0.485. The Morgan fingerprint density at radius 1 is 0.719 bits per heavy atom. The van der Waals surface area contributed by atoms with E-state index in [1.54, 1.807) is 41.5 Å². The van der Waals surface area contributed by atoms with Crippen molar-refractivity contribution in [1.82, 2.24) is 10.6 Å². The Kier molecular flexibility index (Phi) is 13.9. The number of Topliss-reactive ketones (excluding diaryl/α,β-unsaturated/α-hetero) is 1. The van der Waals surface area contributed by atoms with Crippen LogP contribution in [-0.2, 0) is 19.1 Å². The molecule has 2 amide bonds. The number of aliphatic carboxylic acids is 1. The number of ether oxygens (including phenoxy) is 2. The van der Waals surface area contributed by atoms with Crippen LogP contribution in [0.15, 0.2) is 0 Å². The number of hydrogen-bond acceptors (Lipinski definition) is 6. The molecule has 0 radical (unpaired) electrons. The first-order chi connectivity index (χ1) is 14.2. The van der Waals surface area contributed by atoms with E-state index in [1.165, 1.54) is 6.92 Å². The normalized spacial score (nSPS) is 13.4. The summed E-state index contributed by atoms with van der Waals surface area (Å²) < 4.78 is 10.1. The van der Waals surface area contributed by atoms with E-state index in [4.69, 9.17) is 14.6 Å². The highest BCUT2D eigenvalue weighted by molar-refractivity contribution is 5.85. The van der Waals surface area contributed by atoms with Gasteiger partial charge in [-0.15, -0.1) is 0 Å². The summed E-state index contributed by atoms with van der Waals surface area (Å²) in [6.07, 6.45) is -0.211. The first-order valence-corrected chi connectivity index (χ1v) is 11.0. The first kappa shape index (κ1) is 31.9. The van der Waals surface area contributed by atoms with Crippen molar-refractivity contribution in [1.29, 1.82) is 0 Å². The molecule has 0 aliphatic carbocycles. The summed E-state index contributed by atoms with van der Waals surface area (Å²) in [7, 11) is 0. The van der Waals surface area contributed by atoms with Gasteiger partial charge in [0, 0.05) is 0 Å². The maximum absolute atomic E-state index is 11.5. The van der Waals surface area contributed by atoms with Crippen LogP contribution < -0.4 is 10.6 Å². The Hall–Kier alpha value is -2.32. The van der Waals surface area contributed by atoms with E-state index in [0.717, 1.165) is 0 Å². The Bertz CT molecular complexity index is 563. The van der Waals surface area contributed by atoms with Crippen LogP contribution in [0.2, 0.25) is 0 Å². The standard InChI is InChI=1S/C12H23NO3.C11H21NO4/c1-8(2)7-10(9(3)14)13-11(15)16-12(4,5)6;1-7(2)6-8(9(13)14)12-10(15)16-11(3,4)5/h8,10H,7H2,1-6H3,(H,13,15);7-8H,6H2,1-5H3,(H,12,15)(H,13,14)/t10-;8-/m00/s1. The number of ketones is 1. The average Bonchev–Trinajstić information content (AvgIpc) is 2.49. The van der Waals surface area contributed by atoms with Crippen LogP contribution in [0.5, 0.6) is 0 Å². The summed E-state index contributed by atoms with van der Waals surface area (Å²) in [5.74, 6) is -0.543. The smallest absolute Gasteiger partial charge is 0.408 e. The van der Waals surface area contributed by atoms with Crippen LogP contribution in [0.25, 0.3) is 0 Å². The molecule has 0 aromatic rings. The van der Waals surface area contributed by atoms with Gasteiger partial charge < -0.3 is 25.2 Å². The lowest BCUT2D eigenvalue weighted by molar-refractivity contribution is -0.139. The molecular weight excluding hydrogens is 416 g/mol. The molecule has 32 heavy (non-hydrogen) atoms. The monoisotopic (exact) mass is 460 g/mol. The second-order valence-electron chi connectivity index (χ2n) is 10.6. The topological polar surface area (TPSA) is 131 Å². The second kappa shape index (κ2) is 14.0. The fourth-order valence-electron chi connectivity index (χ4n) is 2.39. The van der Waals surface area contributed by atoms with Crippen LogP contribution in [-0.4, -0.2) is 52.3 Å². The molecule has 188 valence electrons. The molecule has 3 N–H and O–H groups in total. The van der Waals surface area contributed by atoms with Gasteiger partial charge in [0.2, 0.25) is 0 Å². The molecule has 0 heterocycles. The summed E-state index contributed by atoms with van der Waals surface area (Å²) in [5, 5.41) is 13.8. The molecule has 0 unspecified atom stereocenters. The lowest BCUT2D eigenvalue weighted by Crippen LogP contribution is -2.44. The average molecular weight is 461 g/mol. The van der Waals surface area contributed by atoms with Crippen molar-refractivity contribution >= 4 is 23.9 Å². The van der Waals surface area contributed by atoms with Crippen molar-refractivity contribution in [2.45, 2.75) is 112 Å². The third kappa shape index (κ3) is 19.6. The highest BCUT2D eigenvalue weighted by atomic mass is 16.6. The first-order valence-electron chi connectivity index (χ1n) is 11.0. The van der Waals surface area contributed by atoms with Crippen LogP contribution in [0.1, 0.15) is 89.0 Å². The molecule has 0 fully saturated rings. The number of carbonyl (C=O) groups is 4. The molecule has 0 rings (SSSR count). The van der Waals surface area contributed by atoms with Crippen molar-refractivity contribution in [3.8, 4) is 0 Å². The van der Waals surface area contributed by atoms with E-state index < -0.39 is 41.4 Å². The minimum absolute atomic E-state index is 0.0421. The van der Waals surface area contributed by atoms with Crippen LogP contribution in [0.4, 0.5) is 9.59 Å². The van der Waals surface area contributed by atoms with Gasteiger partial charge in [0.25, 0.3) is 0 Å². The minimum Gasteiger partial charge on any atom is -0.480 e. The van der Waals surface area contributed by atoms with Gasteiger partial charge in [-0.1, -0.05) is 27.7 Å². The number of rotatable bonds is 8. The van der Waals surface area contributed by atoms with Crippen molar-refractivity contribution < 1.29 is 33.8 Å². The van der Waals surface area contributed by atoms with Crippen LogP contribution >= 0.6 is 0 Å². The van der Waals surface area contributed by atoms with Gasteiger partial charge in [0.05, 0.1) is 6.04 Å². The van der Waals surface area contributed by atoms with Crippen molar-refractivity contribution in [2.24, 2.45) is 11.8 Å². The number of hydrogen-bond donors (Lipinski definition) is 3. The number of amides is 2. The van der Waals surface area contributed by atoms with Crippen molar-refractivity contribution in [3.63, 3.8) is 0 Å². The zero-order chi connectivity index (χ0) is 25.9. The molecule has 0 bridgehead atoms. The number of carbonyl (C=O) groups excluding carboxylic acids is 3. The Labute approximate surface area is 193 Å². The van der Waals surface area contributed by atoms with Gasteiger partial charge in [-0.3, -0.25) is 4.79 Å². The maximum Gasteiger partial charge on any atom is 0.408 e. The number of alkyl carbamates (subject to hydrolysis) is 2. The Balaban J connectivity index is 0. The number of nitrogens with one attached hydrogen (secondary N) is 2. The predicted molar refractivity (Wildman–Crippen MR) is 124 cm³/mol. The van der Waals surface area contributed by atoms with Gasteiger partial charge in [0.1, 0.15) is 17.2 Å². The van der Waals surface area contributed by atoms with E-state index in [-0.39, 0.29) is 11.7 Å². The second-order valence-corrected chi connectivity index (χ2v) is 10.6. The van der Waals surface area contributed by atoms with E-state index in [0.29, 0.717) is 18.8 Å². The van der Waals surface area contributed by atoms with Crippen LogP contribution in [0.3, 0.4) is 0 Å². The third-order valence-corrected chi connectivity index (χ3v) is 3.58. The van der Waals surface area contributed by atoms with E-state index in [2.05, 4.69) is 10.6 Å². The van der Waals surface area contributed by atoms with Gasteiger partial charge in [-0.25, -0.2) is 14.4 Å². The molecule has 0 saturated carbocycles. The molecular formula is C23H44N2O7. The van der Waals surface area contributed by atoms with Crippen molar-refractivity contribution in [3.05, 3.63) is 0 Å². The molecule has 0 aromatic heterocycles.